The van der Waals surface area contributed by atoms with Crippen molar-refractivity contribution >= 4 is 27.7 Å². The third kappa shape index (κ3) is 3.31. The standard InChI is InChI=1S/C16H21BrFNOS/c17-14-12(2-1-3-13(14)18)15(19)11-4-7-20-16(10-11)5-8-21-9-6-16/h1-3,11,15H,4-10,19H2. The van der Waals surface area contributed by atoms with E-state index in [9.17, 15) is 4.39 Å². The zero-order valence-corrected chi connectivity index (χ0v) is 14.4. The third-order valence-corrected chi connectivity index (χ3v) is 6.61. The van der Waals surface area contributed by atoms with Gasteiger partial charge in [0.05, 0.1) is 10.1 Å². The van der Waals surface area contributed by atoms with Crippen molar-refractivity contribution in [3.8, 4) is 0 Å². The molecule has 0 bridgehead atoms. The van der Waals surface area contributed by atoms with Gasteiger partial charge in [0.2, 0.25) is 0 Å². The molecule has 2 heterocycles. The molecule has 2 aliphatic rings. The molecule has 0 saturated carbocycles. The van der Waals surface area contributed by atoms with Gasteiger partial charge in [0.1, 0.15) is 5.82 Å². The highest BCUT2D eigenvalue weighted by atomic mass is 79.9. The summed E-state index contributed by atoms with van der Waals surface area (Å²) in [5.41, 5.74) is 7.37. The van der Waals surface area contributed by atoms with Gasteiger partial charge in [-0.3, -0.25) is 0 Å². The van der Waals surface area contributed by atoms with Crippen LogP contribution >= 0.6 is 27.7 Å². The van der Waals surface area contributed by atoms with Crippen LogP contribution in [0.3, 0.4) is 0 Å². The van der Waals surface area contributed by atoms with Gasteiger partial charge in [-0.1, -0.05) is 12.1 Å². The summed E-state index contributed by atoms with van der Waals surface area (Å²) >= 11 is 5.35. The van der Waals surface area contributed by atoms with E-state index in [4.69, 9.17) is 10.5 Å². The van der Waals surface area contributed by atoms with Gasteiger partial charge in [-0.2, -0.15) is 11.8 Å². The Morgan fingerprint density at radius 2 is 2.14 bits per heavy atom. The molecule has 0 amide bonds. The highest BCUT2D eigenvalue weighted by Gasteiger charge is 2.40. The van der Waals surface area contributed by atoms with E-state index in [-0.39, 0.29) is 17.5 Å². The van der Waals surface area contributed by atoms with Crippen LogP contribution in [0.4, 0.5) is 4.39 Å². The highest BCUT2D eigenvalue weighted by molar-refractivity contribution is 9.10. The number of nitrogens with two attached hydrogens (primary N) is 1. The van der Waals surface area contributed by atoms with Gasteiger partial charge >= 0.3 is 0 Å². The molecule has 3 rings (SSSR count). The van der Waals surface area contributed by atoms with Gasteiger partial charge in [-0.25, -0.2) is 4.39 Å². The summed E-state index contributed by atoms with van der Waals surface area (Å²) in [4.78, 5) is 0. The van der Waals surface area contributed by atoms with E-state index < -0.39 is 0 Å². The maximum Gasteiger partial charge on any atom is 0.137 e. The van der Waals surface area contributed by atoms with Crippen LogP contribution in [-0.4, -0.2) is 23.7 Å². The average Bonchev–Trinajstić information content (AvgIpc) is 2.50. The maximum absolute atomic E-state index is 13.7. The molecule has 2 aliphatic heterocycles. The van der Waals surface area contributed by atoms with E-state index in [0.717, 1.165) is 37.9 Å². The first-order valence-corrected chi connectivity index (χ1v) is 9.47. The molecule has 21 heavy (non-hydrogen) atoms. The first kappa shape index (κ1) is 15.8. The van der Waals surface area contributed by atoms with Gasteiger partial charge in [0.15, 0.2) is 0 Å². The first-order valence-electron chi connectivity index (χ1n) is 7.52. The van der Waals surface area contributed by atoms with Crippen molar-refractivity contribution in [2.75, 3.05) is 18.1 Å². The minimum absolute atomic E-state index is 0.0194. The van der Waals surface area contributed by atoms with Crippen LogP contribution in [-0.2, 0) is 4.74 Å². The predicted molar refractivity (Wildman–Crippen MR) is 89.0 cm³/mol. The van der Waals surface area contributed by atoms with E-state index in [1.165, 1.54) is 17.6 Å². The zero-order chi connectivity index (χ0) is 14.9. The van der Waals surface area contributed by atoms with Crippen molar-refractivity contribution in [1.29, 1.82) is 0 Å². The average molecular weight is 374 g/mol. The lowest BCUT2D eigenvalue weighted by Crippen LogP contribution is -2.45. The van der Waals surface area contributed by atoms with Crippen molar-refractivity contribution < 1.29 is 9.13 Å². The molecule has 2 unspecified atom stereocenters. The van der Waals surface area contributed by atoms with E-state index in [2.05, 4.69) is 15.9 Å². The molecule has 2 N–H and O–H groups in total. The molecule has 1 spiro atoms. The molecule has 2 saturated heterocycles. The molecule has 116 valence electrons. The first-order chi connectivity index (χ1) is 10.1. The Morgan fingerprint density at radius 1 is 1.38 bits per heavy atom. The molecule has 5 heteroatoms. The van der Waals surface area contributed by atoms with E-state index in [1.807, 2.05) is 17.8 Å². The number of thioether (sulfide) groups is 1. The third-order valence-electron chi connectivity index (χ3n) is 4.78. The van der Waals surface area contributed by atoms with Gasteiger partial charge in [-0.15, -0.1) is 0 Å². The predicted octanol–water partition coefficient (Wildman–Crippen LogP) is 4.28. The quantitative estimate of drug-likeness (QED) is 0.839. The molecule has 2 nitrogen and oxygen atoms in total. The van der Waals surface area contributed by atoms with Crippen LogP contribution in [0, 0.1) is 11.7 Å². The summed E-state index contributed by atoms with van der Waals surface area (Å²) in [7, 11) is 0. The Kier molecular flexibility index (Phi) is 4.94. The number of halogens is 2. The second-order valence-electron chi connectivity index (χ2n) is 6.07. The van der Waals surface area contributed by atoms with Crippen molar-refractivity contribution in [3.63, 3.8) is 0 Å². The van der Waals surface area contributed by atoms with Crippen LogP contribution in [0.15, 0.2) is 22.7 Å². The second kappa shape index (κ2) is 6.57. The maximum atomic E-state index is 13.7. The van der Waals surface area contributed by atoms with Crippen LogP contribution in [0.25, 0.3) is 0 Å². The van der Waals surface area contributed by atoms with Crippen molar-refractivity contribution in [1.82, 2.24) is 0 Å². The Balaban J connectivity index is 1.78. The highest BCUT2D eigenvalue weighted by Crippen LogP contribution is 2.43. The fourth-order valence-corrected chi connectivity index (χ4v) is 5.26. The lowest BCUT2D eigenvalue weighted by Gasteiger charge is -2.45. The fourth-order valence-electron chi connectivity index (χ4n) is 3.50. The van der Waals surface area contributed by atoms with Crippen LogP contribution in [0.1, 0.15) is 37.3 Å². The van der Waals surface area contributed by atoms with Gasteiger partial charge in [-0.05, 0) is 70.7 Å². The number of hydrogen-bond donors (Lipinski definition) is 1. The van der Waals surface area contributed by atoms with Crippen molar-refractivity contribution in [3.05, 3.63) is 34.1 Å². The molecular formula is C16H21BrFNOS. The summed E-state index contributed by atoms with van der Waals surface area (Å²) in [6.07, 6.45) is 4.19. The van der Waals surface area contributed by atoms with Crippen LogP contribution in [0.2, 0.25) is 0 Å². The summed E-state index contributed by atoms with van der Waals surface area (Å²) in [6.45, 7) is 0.774. The topological polar surface area (TPSA) is 35.2 Å². The van der Waals surface area contributed by atoms with E-state index in [0.29, 0.717) is 10.4 Å². The van der Waals surface area contributed by atoms with Crippen LogP contribution < -0.4 is 5.73 Å². The number of rotatable bonds is 2. The lowest BCUT2D eigenvalue weighted by atomic mass is 9.77. The summed E-state index contributed by atoms with van der Waals surface area (Å²) < 4.78 is 20.4. The smallest absolute Gasteiger partial charge is 0.137 e. The normalized spacial score (nSPS) is 26.7. The van der Waals surface area contributed by atoms with Gasteiger partial charge in [0.25, 0.3) is 0 Å². The number of benzene rings is 1. The monoisotopic (exact) mass is 373 g/mol. The summed E-state index contributed by atoms with van der Waals surface area (Å²) in [5, 5.41) is 0. The van der Waals surface area contributed by atoms with E-state index >= 15 is 0 Å². The zero-order valence-electron chi connectivity index (χ0n) is 12.0. The summed E-state index contributed by atoms with van der Waals surface area (Å²) in [5.74, 6) is 2.47. The second-order valence-corrected chi connectivity index (χ2v) is 8.08. The Labute approximate surface area is 138 Å². The van der Waals surface area contributed by atoms with E-state index in [1.54, 1.807) is 6.07 Å². The largest absolute Gasteiger partial charge is 0.375 e. The molecule has 1 aromatic carbocycles. The Bertz CT molecular complexity index is 502. The van der Waals surface area contributed by atoms with Crippen molar-refractivity contribution in [2.45, 2.75) is 37.3 Å². The minimum atomic E-state index is -0.237. The fraction of sp³-hybridized carbons (Fsp3) is 0.625. The number of ether oxygens (including phenoxy) is 1. The Hall–Kier alpha value is -0.100. The SMILES string of the molecule is NC(c1cccc(F)c1Br)C1CCOC2(CCSCC2)C1. The molecule has 0 radical (unpaired) electrons. The lowest BCUT2D eigenvalue weighted by molar-refractivity contribution is -0.105. The Morgan fingerprint density at radius 3 is 2.90 bits per heavy atom. The number of hydrogen-bond acceptors (Lipinski definition) is 3. The molecule has 0 aliphatic carbocycles. The van der Waals surface area contributed by atoms with Gasteiger partial charge < -0.3 is 10.5 Å². The molecule has 2 atom stereocenters. The molecular weight excluding hydrogens is 353 g/mol. The molecule has 1 aromatic rings. The summed E-state index contributed by atoms with van der Waals surface area (Å²) in [6, 6.07) is 4.99. The minimum Gasteiger partial charge on any atom is -0.375 e. The van der Waals surface area contributed by atoms with Gasteiger partial charge in [0, 0.05) is 12.6 Å². The molecule has 2 fully saturated rings. The van der Waals surface area contributed by atoms with Crippen molar-refractivity contribution in [2.24, 2.45) is 11.7 Å². The van der Waals surface area contributed by atoms with Crippen LogP contribution in [0.5, 0.6) is 0 Å². The molecule has 0 aromatic heterocycles.